The van der Waals surface area contributed by atoms with Crippen LogP contribution in [0.5, 0.6) is 0 Å². The van der Waals surface area contributed by atoms with Crippen molar-refractivity contribution >= 4 is 11.7 Å². The fourth-order valence-corrected chi connectivity index (χ4v) is 1.68. The van der Waals surface area contributed by atoms with E-state index < -0.39 is 5.92 Å². The molecule has 0 saturated heterocycles. The van der Waals surface area contributed by atoms with Gasteiger partial charge in [-0.2, -0.15) is 0 Å². The number of amides is 1. The molecule has 7 heteroatoms. The van der Waals surface area contributed by atoms with Crippen LogP contribution in [-0.2, 0) is 14.3 Å². The van der Waals surface area contributed by atoms with Crippen LogP contribution in [0.2, 0.25) is 0 Å². The molecule has 7 nitrogen and oxygen atoms in total. The number of carbonyl (C=O) groups excluding carboxylic acids is 1. The summed E-state index contributed by atoms with van der Waals surface area (Å²) in [6.07, 6.45) is 3.06. The van der Waals surface area contributed by atoms with E-state index >= 15 is 0 Å². The number of oxime groups is 1. The molecule has 0 fully saturated rings. The minimum Gasteiger partial charge on any atom is -0.409 e. The molecule has 0 radical (unpaired) electrons. The Labute approximate surface area is 120 Å². The topological polar surface area (TPSA) is 106 Å². The first-order valence-electron chi connectivity index (χ1n) is 6.99. The van der Waals surface area contributed by atoms with E-state index in [0.717, 1.165) is 19.3 Å². The average Bonchev–Trinajstić information content (AvgIpc) is 2.46. The summed E-state index contributed by atoms with van der Waals surface area (Å²) >= 11 is 0. The standard InChI is InChI=1S/C13H27N3O4/c1-3-6-11(12(14)16-18)13(17)15-7-4-5-8-20-10-9-19-2/h11,18H,3-10H2,1-2H3,(H2,14,16)(H,15,17). The molecular formula is C13H27N3O4. The number of nitrogens with one attached hydrogen (secondary N) is 1. The Hall–Kier alpha value is -1.34. The van der Waals surface area contributed by atoms with Crippen LogP contribution in [0.15, 0.2) is 5.16 Å². The first-order valence-corrected chi connectivity index (χ1v) is 6.99. The van der Waals surface area contributed by atoms with E-state index in [2.05, 4.69) is 10.5 Å². The van der Waals surface area contributed by atoms with E-state index in [1.54, 1.807) is 7.11 Å². The van der Waals surface area contributed by atoms with Crippen molar-refractivity contribution in [3.8, 4) is 0 Å². The summed E-state index contributed by atoms with van der Waals surface area (Å²) in [4.78, 5) is 11.9. The van der Waals surface area contributed by atoms with E-state index in [4.69, 9.17) is 20.4 Å². The largest absolute Gasteiger partial charge is 0.409 e. The average molecular weight is 289 g/mol. The maximum absolute atomic E-state index is 11.9. The number of hydrogen-bond acceptors (Lipinski definition) is 5. The first-order chi connectivity index (χ1) is 9.67. The molecule has 0 saturated carbocycles. The molecule has 0 heterocycles. The molecule has 0 aromatic rings. The van der Waals surface area contributed by atoms with Crippen molar-refractivity contribution in [2.45, 2.75) is 32.6 Å². The molecule has 0 aliphatic carbocycles. The van der Waals surface area contributed by atoms with Crippen LogP contribution in [0, 0.1) is 5.92 Å². The Balaban J connectivity index is 3.74. The third kappa shape index (κ3) is 8.71. The summed E-state index contributed by atoms with van der Waals surface area (Å²) in [5.74, 6) is -0.780. The van der Waals surface area contributed by atoms with Gasteiger partial charge in [0, 0.05) is 20.3 Å². The van der Waals surface area contributed by atoms with Crippen LogP contribution in [0.4, 0.5) is 0 Å². The first kappa shape index (κ1) is 18.7. The van der Waals surface area contributed by atoms with Gasteiger partial charge in [0.1, 0.15) is 0 Å². The molecule has 0 aliphatic rings. The molecule has 1 atom stereocenters. The molecule has 20 heavy (non-hydrogen) atoms. The van der Waals surface area contributed by atoms with Gasteiger partial charge in [0.25, 0.3) is 0 Å². The van der Waals surface area contributed by atoms with Crippen LogP contribution < -0.4 is 11.1 Å². The molecule has 0 aliphatic heterocycles. The number of nitrogens with zero attached hydrogens (tertiary/aromatic N) is 1. The minimum absolute atomic E-state index is 0.0350. The van der Waals surface area contributed by atoms with Gasteiger partial charge in [-0.25, -0.2) is 0 Å². The Morgan fingerprint density at radius 3 is 2.70 bits per heavy atom. The molecule has 118 valence electrons. The summed E-state index contributed by atoms with van der Waals surface area (Å²) < 4.78 is 10.2. The summed E-state index contributed by atoms with van der Waals surface area (Å²) in [5, 5.41) is 14.4. The lowest BCUT2D eigenvalue weighted by atomic mass is 10.0. The van der Waals surface area contributed by atoms with Gasteiger partial charge in [0.2, 0.25) is 5.91 Å². The molecule has 0 aromatic heterocycles. The van der Waals surface area contributed by atoms with Crippen molar-refractivity contribution < 1.29 is 19.5 Å². The fourth-order valence-electron chi connectivity index (χ4n) is 1.68. The van der Waals surface area contributed by atoms with E-state index in [9.17, 15) is 4.79 Å². The Morgan fingerprint density at radius 1 is 1.35 bits per heavy atom. The third-order valence-corrected chi connectivity index (χ3v) is 2.81. The van der Waals surface area contributed by atoms with E-state index in [1.165, 1.54) is 0 Å². The minimum atomic E-state index is -0.553. The predicted octanol–water partition coefficient (Wildman–Crippen LogP) is 0.709. The molecular weight excluding hydrogens is 262 g/mol. The summed E-state index contributed by atoms with van der Waals surface area (Å²) in [5.41, 5.74) is 5.51. The number of unbranched alkanes of at least 4 members (excludes halogenated alkanes) is 1. The van der Waals surface area contributed by atoms with Gasteiger partial charge in [-0.1, -0.05) is 18.5 Å². The summed E-state index contributed by atoms with van der Waals surface area (Å²) in [7, 11) is 1.63. The van der Waals surface area contributed by atoms with E-state index in [1.807, 2.05) is 6.92 Å². The Kier molecular flexibility index (Phi) is 11.8. The zero-order valence-electron chi connectivity index (χ0n) is 12.4. The molecule has 0 spiro atoms. The van der Waals surface area contributed by atoms with Gasteiger partial charge in [-0.05, 0) is 19.3 Å². The number of amidine groups is 1. The van der Waals surface area contributed by atoms with Crippen molar-refractivity contribution in [3.05, 3.63) is 0 Å². The molecule has 0 rings (SSSR count). The Bertz CT molecular complexity index is 285. The normalized spacial score (nSPS) is 13.2. The fraction of sp³-hybridized carbons (Fsp3) is 0.846. The van der Waals surface area contributed by atoms with Gasteiger partial charge in [0.15, 0.2) is 5.84 Å². The zero-order chi connectivity index (χ0) is 15.2. The second-order valence-electron chi connectivity index (χ2n) is 4.47. The number of rotatable bonds is 12. The molecule has 1 unspecified atom stereocenters. The van der Waals surface area contributed by atoms with Gasteiger partial charge < -0.3 is 25.7 Å². The highest BCUT2D eigenvalue weighted by Gasteiger charge is 2.21. The Morgan fingerprint density at radius 2 is 2.10 bits per heavy atom. The second kappa shape index (κ2) is 12.7. The highest BCUT2D eigenvalue weighted by Crippen LogP contribution is 2.06. The monoisotopic (exact) mass is 289 g/mol. The van der Waals surface area contributed by atoms with Gasteiger partial charge in [-0.15, -0.1) is 0 Å². The highest BCUT2D eigenvalue weighted by molar-refractivity contribution is 6.01. The number of carbonyl (C=O) groups is 1. The second-order valence-corrected chi connectivity index (χ2v) is 4.47. The quantitative estimate of drug-likeness (QED) is 0.161. The third-order valence-electron chi connectivity index (χ3n) is 2.81. The molecule has 1 amide bonds. The van der Waals surface area contributed by atoms with Crippen LogP contribution >= 0.6 is 0 Å². The maximum atomic E-state index is 11.9. The smallest absolute Gasteiger partial charge is 0.230 e. The zero-order valence-corrected chi connectivity index (χ0v) is 12.4. The number of ether oxygens (including phenoxy) is 2. The summed E-state index contributed by atoms with van der Waals surface area (Å²) in [6, 6.07) is 0. The number of methoxy groups -OCH3 is 1. The van der Waals surface area contributed by atoms with Crippen molar-refractivity contribution in [3.63, 3.8) is 0 Å². The molecule has 0 bridgehead atoms. The van der Waals surface area contributed by atoms with Crippen molar-refractivity contribution in [1.82, 2.24) is 5.32 Å². The maximum Gasteiger partial charge on any atom is 0.230 e. The van der Waals surface area contributed by atoms with E-state index in [0.29, 0.717) is 32.8 Å². The SMILES string of the molecule is CCCC(C(=O)NCCCCOCCOC)C(N)=NO. The summed E-state index contributed by atoms with van der Waals surface area (Å²) in [6.45, 7) is 4.34. The lowest BCUT2D eigenvalue weighted by molar-refractivity contribution is -0.123. The van der Waals surface area contributed by atoms with Crippen LogP contribution in [-0.4, -0.2) is 50.4 Å². The number of nitrogens with two attached hydrogens (primary N) is 1. The van der Waals surface area contributed by atoms with Gasteiger partial charge >= 0.3 is 0 Å². The van der Waals surface area contributed by atoms with Gasteiger partial charge in [-0.3, -0.25) is 4.79 Å². The van der Waals surface area contributed by atoms with E-state index in [-0.39, 0.29) is 11.7 Å². The highest BCUT2D eigenvalue weighted by atomic mass is 16.5. The van der Waals surface area contributed by atoms with Gasteiger partial charge in [0.05, 0.1) is 19.1 Å². The van der Waals surface area contributed by atoms with Crippen LogP contribution in [0.1, 0.15) is 32.6 Å². The van der Waals surface area contributed by atoms with Crippen LogP contribution in [0.3, 0.4) is 0 Å². The van der Waals surface area contributed by atoms with Crippen molar-refractivity contribution in [2.75, 3.05) is 33.5 Å². The van der Waals surface area contributed by atoms with Crippen molar-refractivity contribution in [2.24, 2.45) is 16.8 Å². The number of hydrogen-bond donors (Lipinski definition) is 3. The van der Waals surface area contributed by atoms with Crippen molar-refractivity contribution in [1.29, 1.82) is 0 Å². The molecule has 4 N–H and O–H groups in total. The molecule has 0 aromatic carbocycles. The predicted molar refractivity (Wildman–Crippen MR) is 76.7 cm³/mol. The lowest BCUT2D eigenvalue weighted by Crippen LogP contribution is -2.39. The van der Waals surface area contributed by atoms with Crippen LogP contribution in [0.25, 0.3) is 0 Å². The lowest BCUT2D eigenvalue weighted by Gasteiger charge is -2.14.